The van der Waals surface area contributed by atoms with Gasteiger partial charge in [0.05, 0.1) is 0 Å². The molecule has 0 aromatic heterocycles. The summed E-state index contributed by atoms with van der Waals surface area (Å²) in [6.45, 7) is 14.0. The largest absolute Gasteiger partial charge is 0.354 e. The molecule has 0 saturated heterocycles. The SMILES string of the molecule is CCCCCCCCCCCCNC(=O)N[C@H](C(=O)NCCCNC(=O)[C@@H](NC(=O)NCCCCCCCCCCCC)C(C)C)C(C)C. The Morgan fingerprint density at radius 3 is 0.918 bits per heavy atom. The molecule has 288 valence electrons. The molecular formula is C39H78N6O4. The molecule has 0 aromatic carbocycles. The number of carbonyl (C=O) groups is 4. The summed E-state index contributed by atoms with van der Waals surface area (Å²) >= 11 is 0. The smallest absolute Gasteiger partial charge is 0.315 e. The first kappa shape index (κ1) is 46.5. The highest BCUT2D eigenvalue weighted by Gasteiger charge is 2.25. The summed E-state index contributed by atoms with van der Waals surface area (Å²) in [5.74, 6) is -0.624. The minimum atomic E-state index is -0.643. The second kappa shape index (κ2) is 32.7. The van der Waals surface area contributed by atoms with Crippen LogP contribution >= 0.6 is 0 Å². The van der Waals surface area contributed by atoms with E-state index >= 15 is 0 Å². The topological polar surface area (TPSA) is 140 Å². The molecular weight excluding hydrogens is 616 g/mol. The second-order valence-electron chi connectivity index (χ2n) is 14.5. The molecule has 0 unspecified atom stereocenters. The van der Waals surface area contributed by atoms with E-state index in [4.69, 9.17) is 0 Å². The predicted octanol–water partition coefficient (Wildman–Crippen LogP) is 8.10. The van der Waals surface area contributed by atoms with Crippen LogP contribution in [0.4, 0.5) is 9.59 Å². The third-order valence-corrected chi connectivity index (χ3v) is 9.06. The molecule has 0 aliphatic heterocycles. The quantitative estimate of drug-likeness (QED) is 0.0396. The zero-order valence-corrected chi connectivity index (χ0v) is 32.6. The molecule has 0 bridgehead atoms. The maximum absolute atomic E-state index is 12.8. The lowest BCUT2D eigenvalue weighted by molar-refractivity contribution is -0.124. The molecule has 10 heteroatoms. The van der Waals surface area contributed by atoms with E-state index in [1.165, 1.54) is 103 Å². The number of hydrogen-bond donors (Lipinski definition) is 6. The summed E-state index contributed by atoms with van der Waals surface area (Å²) in [4.78, 5) is 50.5. The average molecular weight is 695 g/mol. The molecule has 10 nitrogen and oxygen atoms in total. The Labute approximate surface area is 301 Å². The highest BCUT2D eigenvalue weighted by atomic mass is 16.2. The van der Waals surface area contributed by atoms with Gasteiger partial charge in [-0.05, 0) is 31.1 Å². The fraction of sp³-hybridized carbons (Fsp3) is 0.897. The maximum Gasteiger partial charge on any atom is 0.315 e. The van der Waals surface area contributed by atoms with Crippen molar-refractivity contribution in [2.45, 2.75) is 188 Å². The van der Waals surface area contributed by atoms with Crippen molar-refractivity contribution in [1.29, 1.82) is 0 Å². The minimum Gasteiger partial charge on any atom is -0.354 e. The lowest BCUT2D eigenvalue weighted by Gasteiger charge is -2.23. The molecule has 0 fully saturated rings. The van der Waals surface area contributed by atoms with Gasteiger partial charge >= 0.3 is 12.1 Å². The van der Waals surface area contributed by atoms with Gasteiger partial charge in [0.25, 0.3) is 0 Å². The van der Waals surface area contributed by atoms with Gasteiger partial charge in [-0.15, -0.1) is 0 Å². The Balaban J connectivity index is 4.14. The van der Waals surface area contributed by atoms with E-state index in [1.54, 1.807) is 0 Å². The molecule has 2 atom stereocenters. The Morgan fingerprint density at radius 1 is 0.367 bits per heavy atom. The number of hydrogen-bond acceptors (Lipinski definition) is 4. The summed E-state index contributed by atoms with van der Waals surface area (Å²) in [5.41, 5.74) is 0. The molecule has 0 heterocycles. The fourth-order valence-corrected chi connectivity index (χ4v) is 5.81. The van der Waals surface area contributed by atoms with E-state index in [0.717, 1.165) is 25.7 Å². The second-order valence-corrected chi connectivity index (χ2v) is 14.5. The number of urea groups is 2. The average Bonchev–Trinajstić information content (AvgIpc) is 3.06. The molecule has 0 saturated carbocycles. The molecule has 0 aromatic rings. The van der Waals surface area contributed by atoms with E-state index in [2.05, 4.69) is 45.7 Å². The Hall–Kier alpha value is -2.52. The van der Waals surface area contributed by atoms with Crippen molar-refractivity contribution in [1.82, 2.24) is 31.9 Å². The van der Waals surface area contributed by atoms with E-state index < -0.39 is 12.1 Å². The van der Waals surface area contributed by atoms with Crippen molar-refractivity contribution >= 4 is 23.9 Å². The van der Waals surface area contributed by atoms with Crippen molar-refractivity contribution in [2.24, 2.45) is 11.8 Å². The summed E-state index contributed by atoms with van der Waals surface area (Å²) in [6, 6.07) is -1.93. The maximum atomic E-state index is 12.8. The van der Waals surface area contributed by atoms with Gasteiger partial charge in [-0.25, -0.2) is 9.59 Å². The van der Waals surface area contributed by atoms with Gasteiger partial charge in [-0.1, -0.05) is 157 Å². The van der Waals surface area contributed by atoms with Gasteiger partial charge in [0, 0.05) is 26.2 Å². The molecule has 0 radical (unpaired) electrons. The molecule has 0 rings (SSSR count). The van der Waals surface area contributed by atoms with Crippen LogP contribution < -0.4 is 31.9 Å². The van der Waals surface area contributed by atoms with E-state index in [-0.39, 0.29) is 35.7 Å². The third-order valence-electron chi connectivity index (χ3n) is 9.06. The number of carbonyl (C=O) groups excluding carboxylic acids is 4. The van der Waals surface area contributed by atoms with Crippen molar-refractivity contribution in [3.63, 3.8) is 0 Å². The Kier molecular flexibility index (Phi) is 31.0. The first-order chi connectivity index (χ1) is 23.6. The van der Waals surface area contributed by atoms with Crippen molar-refractivity contribution < 1.29 is 19.2 Å². The highest BCUT2D eigenvalue weighted by molar-refractivity contribution is 5.88. The van der Waals surface area contributed by atoms with Gasteiger partial charge < -0.3 is 31.9 Å². The monoisotopic (exact) mass is 695 g/mol. The van der Waals surface area contributed by atoms with Crippen molar-refractivity contribution in [3.05, 3.63) is 0 Å². The number of nitrogens with one attached hydrogen (secondary N) is 6. The first-order valence-electron chi connectivity index (χ1n) is 20.3. The molecule has 0 aliphatic carbocycles. The van der Waals surface area contributed by atoms with Crippen LogP contribution in [0.3, 0.4) is 0 Å². The normalized spacial score (nSPS) is 12.4. The summed E-state index contributed by atoms with van der Waals surface area (Å²) in [7, 11) is 0. The van der Waals surface area contributed by atoms with Gasteiger partial charge in [-0.2, -0.15) is 0 Å². The number of unbranched alkanes of at least 4 members (excludes halogenated alkanes) is 18. The van der Waals surface area contributed by atoms with Crippen LogP contribution in [0.5, 0.6) is 0 Å². The first-order valence-corrected chi connectivity index (χ1v) is 20.3. The summed E-state index contributed by atoms with van der Waals surface area (Å²) in [5, 5.41) is 17.2. The minimum absolute atomic E-state index is 0.0723. The predicted molar refractivity (Wildman–Crippen MR) is 205 cm³/mol. The van der Waals surface area contributed by atoms with Gasteiger partial charge in [-0.3, -0.25) is 9.59 Å². The van der Waals surface area contributed by atoms with Crippen LogP contribution in [-0.4, -0.2) is 62.1 Å². The molecule has 49 heavy (non-hydrogen) atoms. The van der Waals surface area contributed by atoms with Gasteiger partial charge in [0.1, 0.15) is 12.1 Å². The third kappa shape index (κ3) is 27.9. The van der Waals surface area contributed by atoms with Crippen molar-refractivity contribution in [3.8, 4) is 0 Å². The summed E-state index contributed by atoms with van der Waals surface area (Å²) in [6.07, 6.45) is 25.3. The lowest BCUT2D eigenvalue weighted by atomic mass is 10.0. The standard InChI is InChI=1S/C39H78N6O4/c1-7-9-11-13-15-17-19-21-23-25-28-42-38(48)44-34(32(3)4)36(46)40-30-27-31-41-37(47)35(33(5)6)45-39(49)43-29-26-24-22-20-18-16-14-12-10-8-2/h32-35H,7-31H2,1-6H3,(H,40,46)(H,41,47)(H2,42,44,48)(H2,43,45,49)/t34-,35-/m0/s1. The number of rotatable bonds is 32. The summed E-state index contributed by atoms with van der Waals surface area (Å²) < 4.78 is 0. The van der Waals surface area contributed by atoms with E-state index in [9.17, 15) is 19.2 Å². The van der Waals surface area contributed by atoms with Crippen LogP contribution in [-0.2, 0) is 9.59 Å². The lowest BCUT2D eigenvalue weighted by Crippen LogP contribution is -2.53. The van der Waals surface area contributed by atoms with Gasteiger partial charge in [0.15, 0.2) is 0 Å². The van der Waals surface area contributed by atoms with Crippen LogP contribution in [0.1, 0.15) is 176 Å². The van der Waals surface area contributed by atoms with Crippen LogP contribution in [0.25, 0.3) is 0 Å². The van der Waals surface area contributed by atoms with Gasteiger partial charge in [0.2, 0.25) is 11.8 Å². The van der Waals surface area contributed by atoms with E-state index in [1.807, 2.05) is 27.7 Å². The van der Waals surface area contributed by atoms with E-state index in [0.29, 0.717) is 32.6 Å². The van der Waals surface area contributed by atoms with Crippen LogP contribution in [0.15, 0.2) is 0 Å². The van der Waals surface area contributed by atoms with Crippen LogP contribution in [0, 0.1) is 11.8 Å². The highest BCUT2D eigenvalue weighted by Crippen LogP contribution is 2.11. The Bertz CT molecular complexity index is 772. The number of amides is 6. The Morgan fingerprint density at radius 2 is 0.633 bits per heavy atom. The fourth-order valence-electron chi connectivity index (χ4n) is 5.81. The molecule has 6 N–H and O–H groups in total. The van der Waals surface area contributed by atoms with Crippen molar-refractivity contribution in [2.75, 3.05) is 26.2 Å². The molecule has 6 amide bonds. The zero-order chi connectivity index (χ0) is 36.5. The zero-order valence-electron chi connectivity index (χ0n) is 32.6. The molecule has 0 aliphatic rings. The molecule has 0 spiro atoms. The van der Waals surface area contributed by atoms with Crippen LogP contribution in [0.2, 0.25) is 0 Å².